The third-order valence-corrected chi connectivity index (χ3v) is 4.53. The summed E-state index contributed by atoms with van der Waals surface area (Å²) in [5.74, 6) is 0.344. The highest BCUT2D eigenvalue weighted by molar-refractivity contribution is 5.99. The normalized spacial score (nSPS) is 25.5. The minimum Gasteiger partial charge on any atom is -0.342 e. The van der Waals surface area contributed by atoms with Gasteiger partial charge in [-0.1, -0.05) is 51.1 Å². The van der Waals surface area contributed by atoms with Gasteiger partial charge in [-0.05, 0) is 31.2 Å². The largest absolute Gasteiger partial charge is 0.342 e. The average Bonchev–Trinajstić information content (AvgIpc) is 2.49. The van der Waals surface area contributed by atoms with Crippen molar-refractivity contribution in [2.75, 3.05) is 0 Å². The Morgan fingerprint density at radius 3 is 2.41 bits per heavy atom. The van der Waals surface area contributed by atoms with E-state index in [1.807, 2.05) is 44.2 Å². The van der Waals surface area contributed by atoms with Gasteiger partial charge in [0, 0.05) is 6.54 Å². The first-order valence-corrected chi connectivity index (χ1v) is 8.05. The highest BCUT2D eigenvalue weighted by atomic mass is 16.2. The van der Waals surface area contributed by atoms with E-state index in [9.17, 15) is 9.59 Å². The lowest BCUT2D eigenvalue weighted by Crippen LogP contribution is -2.69. The molecule has 1 saturated heterocycles. The highest BCUT2D eigenvalue weighted by Gasteiger charge is 2.48. The van der Waals surface area contributed by atoms with E-state index in [0.29, 0.717) is 25.3 Å². The number of nitrogens with zero attached hydrogens (tertiary/aromatic N) is 1. The van der Waals surface area contributed by atoms with Crippen molar-refractivity contribution in [3.8, 4) is 0 Å². The molecule has 1 aromatic carbocycles. The Morgan fingerprint density at radius 1 is 1.23 bits per heavy atom. The summed E-state index contributed by atoms with van der Waals surface area (Å²) in [6, 6.07) is 9.45. The van der Waals surface area contributed by atoms with E-state index in [1.165, 1.54) is 0 Å². The average molecular weight is 302 g/mol. The van der Waals surface area contributed by atoms with Crippen molar-refractivity contribution >= 4 is 11.8 Å². The lowest BCUT2D eigenvalue weighted by atomic mass is 9.88. The van der Waals surface area contributed by atoms with Crippen molar-refractivity contribution in [1.29, 1.82) is 0 Å². The van der Waals surface area contributed by atoms with E-state index in [-0.39, 0.29) is 11.8 Å². The summed E-state index contributed by atoms with van der Waals surface area (Å²) in [6.07, 6.45) is 1.28. The van der Waals surface area contributed by atoms with Crippen molar-refractivity contribution in [3.05, 3.63) is 35.9 Å². The molecule has 1 aromatic rings. The fraction of sp³-hybridized carbons (Fsp3) is 0.556. The lowest BCUT2D eigenvalue weighted by Gasteiger charge is -2.46. The molecule has 0 radical (unpaired) electrons. The van der Waals surface area contributed by atoms with Gasteiger partial charge in [-0.25, -0.2) is 0 Å². The van der Waals surface area contributed by atoms with Gasteiger partial charge in [0.15, 0.2) is 0 Å². The summed E-state index contributed by atoms with van der Waals surface area (Å²) in [6.45, 7) is 8.41. The standard InChI is InChI=1S/C18H26N2O2/c1-5-18(4)17(22)19-15(11-13(2)3)16(21)20(18)12-14-9-7-6-8-10-14/h6-10,13,15H,5,11-12H2,1-4H3,(H,19,22). The van der Waals surface area contributed by atoms with Crippen LogP contribution >= 0.6 is 0 Å². The van der Waals surface area contributed by atoms with Crippen LogP contribution in [0, 0.1) is 5.92 Å². The minimum atomic E-state index is -0.777. The predicted molar refractivity (Wildman–Crippen MR) is 87.1 cm³/mol. The van der Waals surface area contributed by atoms with Gasteiger partial charge < -0.3 is 10.2 Å². The van der Waals surface area contributed by atoms with Gasteiger partial charge in [-0.2, -0.15) is 0 Å². The van der Waals surface area contributed by atoms with Crippen LogP contribution in [0.1, 0.15) is 46.1 Å². The molecule has 22 heavy (non-hydrogen) atoms. The zero-order chi connectivity index (χ0) is 16.3. The summed E-state index contributed by atoms with van der Waals surface area (Å²) in [5, 5.41) is 2.92. The van der Waals surface area contributed by atoms with Crippen LogP contribution in [0.3, 0.4) is 0 Å². The van der Waals surface area contributed by atoms with Gasteiger partial charge in [0.1, 0.15) is 11.6 Å². The summed E-state index contributed by atoms with van der Waals surface area (Å²) < 4.78 is 0. The predicted octanol–water partition coefficient (Wildman–Crippen LogP) is 2.73. The van der Waals surface area contributed by atoms with Gasteiger partial charge in [0.05, 0.1) is 0 Å². The number of amides is 2. The zero-order valence-corrected chi connectivity index (χ0v) is 13.9. The van der Waals surface area contributed by atoms with Crippen LogP contribution in [0.4, 0.5) is 0 Å². The Labute approximate surface area is 132 Å². The third kappa shape index (κ3) is 3.16. The number of rotatable bonds is 5. The fourth-order valence-corrected chi connectivity index (χ4v) is 2.93. The Morgan fingerprint density at radius 2 is 1.86 bits per heavy atom. The molecule has 0 spiro atoms. The molecular weight excluding hydrogens is 276 g/mol. The summed E-state index contributed by atoms with van der Waals surface area (Å²) in [4.78, 5) is 27.2. The first-order chi connectivity index (χ1) is 10.4. The first kappa shape index (κ1) is 16.5. The Hall–Kier alpha value is -1.84. The van der Waals surface area contributed by atoms with Crippen LogP contribution in [-0.2, 0) is 16.1 Å². The minimum absolute atomic E-state index is 0.0292. The second-order valence-corrected chi connectivity index (χ2v) is 6.69. The number of benzene rings is 1. The van der Waals surface area contributed by atoms with Gasteiger partial charge in [0.2, 0.25) is 11.8 Å². The van der Waals surface area contributed by atoms with E-state index in [2.05, 4.69) is 19.2 Å². The Balaban J connectivity index is 2.30. The smallest absolute Gasteiger partial charge is 0.246 e. The van der Waals surface area contributed by atoms with E-state index in [0.717, 1.165) is 5.56 Å². The number of nitrogens with one attached hydrogen (secondary N) is 1. The molecule has 1 fully saturated rings. The van der Waals surface area contributed by atoms with Gasteiger partial charge in [-0.3, -0.25) is 9.59 Å². The molecule has 0 aliphatic carbocycles. The molecule has 0 bridgehead atoms. The molecule has 1 heterocycles. The molecule has 2 atom stereocenters. The molecule has 1 aliphatic rings. The maximum Gasteiger partial charge on any atom is 0.246 e. The van der Waals surface area contributed by atoms with Gasteiger partial charge >= 0.3 is 0 Å². The van der Waals surface area contributed by atoms with Crippen molar-refractivity contribution < 1.29 is 9.59 Å². The maximum atomic E-state index is 12.9. The van der Waals surface area contributed by atoms with Crippen molar-refractivity contribution in [3.63, 3.8) is 0 Å². The van der Waals surface area contributed by atoms with Crippen LogP contribution in [0.2, 0.25) is 0 Å². The topological polar surface area (TPSA) is 49.4 Å². The quantitative estimate of drug-likeness (QED) is 0.909. The second-order valence-electron chi connectivity index (χ2n) is 6.69. The zero-order valence-electron chi connectivity index (χ0n) is 13.9. The molecule has 4 nitrogen and oxygen atoms in total. The van der Waals surface area contributed by atoms with Gasteiger partial charge in [0.25, 0.3) is 0 Å². The van der Waals surface area contributed by atoms with E-state index in [4.69, 9.17) is 0 Å². The molecule has 4 heteroatoms. The van der Waals surface area contributed by atoms with E-state index in [1.54, 1.807) is 4.90 Å². The summed E-state index contributed by atoms with van der Waals surface area (Å²) in [7, 11) is 0. The van der Waals surface area contributed by atoms with E-state index >= 15 is 0 Å². The fourth-order valence-electron chi connectivity index (χ4n) is 2.93. The molecule has 0 aromatic heterocycles. The molecule has 1 N–H and O–H groups in total. The molecular formula is C18H26N2O2. The van der Waals surface area contributed by atoms with Crippen LogP contribution in [0.25, 0.3) is 0 Å². The molecule has 2 rings (SSSR count). The third-order valence-electron chi connectivity index (χ3n) is 4.53. The number of carbonyl (C=O) groups is 2. The number of piperazine rings is 1. The number of hydrogen-bond donors (Lipinski definition) is 1. The molecule has 1 aliphatic heterocycles. The summed E-state index contributed by atoms with van der Waals surface area (Å²) >= 11 is 0. The van der Waals surface area contributed by atoms with Crippen molar-refractivity contribution in [2.45, 2.75) is 58.7 Å². The molecule has 120 valence electrons. The van der Waals surface area contributed by atoms with Crippen LogP contribution in [-0.4, -0.2) is 28.3 Å². The monoisotopic (exact) mass is 302 g/mol. The van der Waals surface area contributed by atoms with Crippen LogP contribution < -0.4 is 5.32 Å². The molecule has 2 unspecified atom stereocenters. The number of carbonyl (C=O) groups excluding carboxylic acids is 2. The van der Waals surface area contributed by atoms with E-state index < -0.39 is 11.6 Å². The van der Waals surface area contributed by atoms with Gasteiger partial charge in [-0.15, -0.1) is 0 Å². The molecule has 0 saturated carbocycles. The SMILES string of the molecule is CCC1(C)C(=O)NC(CC(C)C)C(=O)N1Cc1ccccc1. The Kier molecular flexibility index (Phi) is 4.89. The second kappa shape index (κ2) is 6.51. The van der Waals surface area contributed by atoms with Crippen LogP contribution in [0.5, 0.6) is 0 Å². The van der Waals surface area contributed by atoms with Crippen molar-refractivity contribution in [2.24, 2.45) is 5.92 Å². The molecule has 2 amide bonds. The Bertz CT molecular complexity index is 541. The van der Waals surface area contributed by atoms with Crippen LogP contribution in [0.15, 0.2) is 30.3 Å². The first-order valence-electron chi connectivity index (χ1n) is 8.05. The van der Waals surface area contributed by atoms with Crippen molar-refractivity contribution in [1.82, 2.24) is 10.2 Å². The summed E-state index contributed by atoms with van der Waals surface area (Å²) in [5.41, 5.74) is 0.272. The maximum absolute atomic E-state index is 12.9. The highest BCUT2D eigenvalue weighted by Crippen LogP contribution is 2.28. The lowest BCUT2D eigenvalue weighted by molar-refractivity contribution is -0.158. The number of hydrogen-bond acceptors (Lipinski definition) is 2.